The molecule has 3 nitrogen and oxygen atoms in total. The van der Waals surface area contributed by atoms with Crippen molar-refractivity contribution in [3.63, 3.8) is 0 Å². The second kappa shape index (κ2) is 4.09. The van der Waals surface area contributed by atoms with Crippen LogP contribution in [0.3, 0.4) is 0 Å². The predicted molar refractivity (Wildman–Crippen MR) is 48.4 cm³/mol. The molecule has 0 fully saturated rings. The summed E-state index contributed by atoms with van der Waals surface area (Å²) in [5.41, 5.74) is 0.612. The van der Waals surface area contributed by atoms with E-state index in [4.69, 9.17) is 9.84 Å². The van der Waals surface area contributed by atoms with Crippen molar-refractivity contribution in [1.82, 2.24) is 0 Å². The molecular weight excluding hydrogens is 173 g/mol. The molecule has 0 aliphatic heterocycles. The van der Waals surface area contributed by atoms with Gasteiger partial charge in [0.05, 0.1) is 7.11 Å². The van der Waals surface area contributed by atoms with Crippen LogP contribution in [0, 0.1) is 5.82 Å². The third-order valence-corrected chi connectivity index (χ3v) is 1.79. The number of aliphatic hydroxyl groups excluding tert-OH is 1. The predicted octanol–water partition coefficient (Wildman–Crippen LogP) is 1.22. The van der Waals surface area contributed by atoms with Gasteiger partial charge in [-0.05, 0) is 12.1 Å². The fourth-order valence-corrected chi connectivity index (χ4v) is 0.974. The number of benzene rings is 1. The maximum atomic E-state index is 13.1. The van der Waals surface area contributed by atoms with E-state index in [0.717, 1.165) is 0 Å². The van der Waals surface area contributed by atoms with E-state index in [1.165, 1.54) is 24.1 Å². The van der Waals surface area contributed by atoms with Crippen LogP contribution in [0.4, 0.5) is 10.1 Å². The van der Waals surface area contributed by atoms with Crippen LogP contribution < -0.4 is 9.64 Å². The molecule has 13 heavy (non-hydrogen) atoms. The number of methoxy groups -OCH3 is 1. The molecule has 1 aromatic rings. The normalized spacial score (nSPS) is 9.85. The van der Waals surface area contributed by atoms with Crippen LogP contribution >= 0.6 is 0 Å². The Balaban J connectivity index is 2.95. The third-order valence-electron chi connectivity index (χ3n) is 1.79. The van der Waals surface area contributed by atoms with E-state index in [0.29, 0.717) is 5.69 Å². The molecule has 0 bridgehead atoms. The van der Waals surface area contributed by atoms with Gasteiger partial charge in [-0.15, -0.1) is 0 Å². The molecule has 1 aromatic carbocycles. The highest BCUT2D eigenvalue weighted by Crippen LogP contribution is 2.22. The van der Waals surface area contributed by atoms with Crippen LogP contribution in [0.5, 0.6) is 5.75 Å². The molecule has 0 atom stereocenters. The molecule has 0 aromatic heterocycles. The molecule has 72 valence electrons. The van der Waals surface area contributed by atoms with Gasteiger partial charge in [0.15, 0.2) is 11.6 Å². The Kier molecular flexibility index (Phi) is 3.08. The Hall–Kier alpha value is -1.29. The number of anilines is 1. The molecule has 0 saturated heterocycles. The van der Waals surface area contributed by atoms with Gasteiger partial charge in [0.2, 0.25) is 0 Å². The molecule has 0 saturated carbocycles. The SMILES string of the molecule is COc1ccc(N(C)CO)cc1F. The lowest BCUT2D eigenvalue weighted by Crippen LogP contribution is -2.17. The summed E-state index contributed by atoms with van der Waals surface area (Å²) in [6, 6.07) is 4.52. The molecule has 0 heterocycles. The number of aliphatic hydroxyl groups is 1. The van der Waals surface area contributed by atoms with Gasteiger partial charge < -0.3 is 14.7 Å². The zero-order valence-electron chi connectivity index (χ0n) is 7.62. The van der Waals surface area contributed by atoms with Gasteiger partial charge in [0, 0.05) is 18.8 Å². The maximum Gasteiger partial charge on any atom is 0.167 e. The highest BCUT2D eigenvalue weighted by Gasteiger charge is 2.05. The van der Waals surface area contributed by atoms with Gasteiger partial charge in [0.25, 0.3) is 0 Å². The topological polar surface area (TPSA) is 32.7 Å². The molecule has 0 aliphatic carbocycles. The molecule has 0 amide bonds. The smallest absolute Gasteiger partial charge is 0.167 e. The largest absolute Gasteiger partial charge is 0.494 e. The first-order chi connectivity index (χ1) is 6.19. The lowest BCUT2D eigenvalue weighted by atomic mass is 10.3. The summed E-state index contributed by atoms with van der Waals surface area (Å²) in [5, 5.41) is 8.78. The summed E-state index contributed by atoms with van der Waals surface area (Å²) in [4.78, 5) is 1.52. The van der Waals surface area contributed by atoms with E-state index in [1.54, 1.807) is 13.1 Å². The van der Waals surface area contributed by atoms with Gasteiger partial charge in [0.1, 0.15) is 6.73 Å². The summed E-state index contributed by atoms with van der Waals surface area (Å²) in [6.45, 7) is -0.147. The highest BCUT2D eigenvalue weighted by molar-refractivity contribution is 5.48. The van der Waals surface area contributed by atoms with Crippen LogP contribution in [0.1, 0.15) is 0 Å². The van der Waals surface area contributed by atoms with Crippen molar-refractivity contribution < 1.29 is 14.2 Å². The van der Waals surface area contributed by atoms with E-state index >= 15 is 0 Å². The average molecular weight is 185 g/mol. The van der Waals surface area contributed by atoms with Crippen LogP contribution in [-0.2, 0) is 0 Å². The number of rotatable bonds is 3. The standard InChI is InChI=1S/C9H12FNO2/c1-11(6-12)7-3-4-9(13-2)8(10)5-7/h3-5,12H,6H2,1-2H3. The summed E-state index contributed by atoms with van der Waals surface area (Å²) in [5.74, 6) is -0.226. The van der Waals surface area contributed by atoms with Crippen molar-refractivity contribution in [1.29, 1.82) is 0 Å². The first kappa shape index (κ1) is 9.80. The lowest BCUT2D eigenvalue weighted by Gasteiger charge is -2.16. The first-order valence-corrected chi connectivity index (χ1v) is 3.84. The summed E-state index contributed by atoms with van der Waals surface area (Å²) < 4.78 is 17.9. The number of hydrogen-bond acceptors (Lipinski definition) is 3. The quantitative estimate of drug-likeness (QED) is 0.719. The Morgan fingerprint density at radius 3 is 2.69 bits per heavy atom. The minimum absolute atomic E-state index is 0.147. The Bertz CT molecular complexity index is 291. The van der Waals surface area contributed by atoms with Gasteiger partial charge in [-0.1, -0.05) is 0 Å². The summed E-state index contributed by atoms with van der Waals surface area (Å²) in [7, 11) is 3.08. The second-order valence-corrected chi connectivity index (χ2v) is 2.66. The molecule has 0 aliphatic rings. The van der Waals surface area contributed by atoms with Gasteiger partial charge in [-0.3, -0.25) is 0 Å². The molecule has 0 unspecified atom stereocenters. The average Bonchev–Trinajstić information content (AvgIpc) is 2.16. The fraction of sp³-hybridized carbons (Fsp3) is 0.333. The van der Waals surface area contributed by atoms with Crippen LogP contribution in [0.15, 0.2) is 18.2 Å². The Labute approximate surface area is 76.4 Å². The molecule has 0 spiro atoms. The number of halogens is 1. The summed E-state index contributed by atoms with van der Waals surface area (Å²) in [6.07, 6.45) is 0. The molecule has 1 rings (SSSR count). The third kappa shape index (κ3) is 2.09. The highest BCUT2D eigenvalue weighted by atomic mass is 19.1. The van der Waals surface area contributed by atoms with Crippen molar-refractivity contribution >= 4 is 5.69 Å². The van der Waals surface area contributed by atoms with Crippen molar-refractivity contribution in [2.24, 2.45) is 0 Å². The van der Waals surface area contributed by atoms with E-state index in [-0.39, 0.29) is 12.5 Å². The Morgan fingerprint density at radius 2 is 2.23 bits per heavy atom. The van der Waals surface area contributed by atoms with Crippen molar-refractivity contribution in [3.8, 4) is 5.75 Å². The zero-order valence-corrected chi connectivity index (χ0v) is 7.62. The summed E-state index contributed by atoms with van der Waals surface area (Å²) >= 11 is 0. The molecule has 1 N–H and O–H groups in total. The van der Waals surface area contributed by atoms with Crippen LogP contribution in [-0.4, -0.2) is 26.0 Å². The van der Waals surface area contributed by atoms with Crippen molar-refractivity contribution in [2.45, 2.75) is 0 Å². The van der Waals surface area contributed by atoms with Crippen molar-refractivity contribution in [2.75, 3.05) is 25.8 Å². The molecule has 0 radical (unpaired) electrons. The maximum absolute atomic E-state index is 13.1. The van der Waals surface area contributed by atoms with Gasteiger partial charge >= 0.3 is 0 Å². The van der Waals surface area contributed by atoms with Gasteiger partial charge in [-0.25, -0.2) is 4.39 Å². The number of nitrogens with zero attached hydrogens (tertiary/aromatic N) is 1. The van der Waals surface area contributed by atoms with E-state index in [1.807, 2.05) is 0 Å². The zero-order chi connectivity index (χ0) is 9.84. The van der Waals surface area contributed by atoms with E-state index < -0.39 is 5.82 Å². The van der Waals surface area contributed by atoms with Crippen molar-refractivity contribution in [3.05, 3.63) is 24.0 Å². The molecule has 4 heteroatoms. The second-order valence-electron chi connectivity index (χ2n) is 2.66. The minimum Gasteiger partial charge on any atom is -0.494 e. The number of ether oxygens (including phenoxy) is 1. The van der Waals surface area contributed by atoms with Crippen LogP contribution in [0.25, 0.3) is 0 Å². The minimum atomic E-state index is -0.430. The van der Waals surface area contributed by atoms with E-state index in [9.17, 15) is 4.39 Å². The number of hydrogen-bond donors (Lipinski definition) is 1. The monoisotopic (exact) mass is 185 g/mol. The Morgan fingerprint density at radius 1 is 1.54 bits per heavy atom. The van der Waals surface area contributed by atoms with Crippen LogP contribution in [0.2, 0.25) is 0 Å². The van der Waals surface area contributed by atoms with E-state index in [2.05, 4.69) is 0 Å². The molecular formula is C9H12FNO2. The fourth-order valence-electron chi connectivity index (χ4n) is 0.974. The van der Waals surface area contributed by atoms with Gasteiger partial charge in [-0.2, -0.15) is 0 Å². The lowest BCUT2D eigenvalue weighted by molar-refractivity contribution is 0.298. The first-order valence-electron chi connectivity index (χ1n) is 3.84.